The van der Waals surface area contributed by atoms with Gasteiger partial charge in [0.15, 0.2) is 5.11 Å². The lowest BCUT2D eigenvalue weighted by atomic mass is 10.1. The molecule has 5 heteroatoms. The summed E-state index contributed by atoms with van der Waals surface area (Å²) >= 11 is 11.2. The van der Waals surface area contributed by atoms with Gasteiger partial charge in [-0.15, -0.1) is 0 Å². The molecule has 0 bridgehead atoms. The Hall–Kier alpha value is -1.91. The lowest BCUT2D eigenvalue weighted by molar-refractivity contribution is -0.119. The van der Waals surface area contributed by atoms with E-state index in [2.05, 4.69) is 10.6 Å². The van der Waals surface area contributed by atoms with Crippen LogP contribution in [0.4, 0.5) is 5.69 Å². The topological polar surface area (TPSA) is 41.1 Å². The smallest absolute Gasteiger partial charge is 0.230 e. The predicted molar refractivity (Wildman–Crippen MR) is 90.7 cm³/mol. The van der Waals surface area contributed by atoms with Crippen LogP contribution in [-0.2, 0) is 11.2 Å². The maximum atomic E-state index is 11.9. The van der Waals surface area contributed by atoms with Crippen molar-refractivity contribution in [1.82, 2.24) is 5.32 Å². The predicted octanol–water partition coefficient (Wildman–Crippen LogP) is 3.70. The molecule has 2 N–H and O–H groups in total. The number of rotatable bonds is 3. The summed E-state index contributed by atoms with van der Waals surface area (Å²) in [5.74, 6) is -0.154. The SMILES string of the molecule is Cc1c(Cl)cccc1NC(=S)NC(=O)Cc1ccccc1. The Morgan fingerprint density at radius 2 is 1.86 bits per heavy atom. The van der Waals surface area contributed by atoms with E-state index in [-0.39, 0.29) is 17.4 Å². The van der Waals surface area contributed by atoms with Crippen LogP contribution in [0.25, 0.3) is 0 Å². The normalized spacial score (nSPS) is 10.0. The lowest BCUT2D eigenvalue weighted by Crippen LogP contribution is -2.35. The van der Waals surface area contributed by atoms with E-state index in [1.54, 1.807) is 6.07 Å². The first-order valence-corrected chi connectivity index (χ1v) is 7.25. The quantitative estimate of drug-likeness (QED) is 0.848. The summed E-state index contributed by atoms with van der Waals surface area (Å²) in [6.45, 7) is 1.89. The third-order valence-electron chi connectivity index (χ3n) is 2.98. The second kappa shape index (κ2) is 7.20. The summed E-state index contributed by atoms with van der Waals surface area (Å²) in [6, 6.07) is 15.0. The van der Waals surface area contributed by atoms with Crippen LogP contribution >= 0.6 is 23.8 Å². The van der Waals surface area contributed by atoms with Crippen LogP contribution in [0.3, 0.4) is 0 Å². The number of amides is 1. The van der Waals surface area contributed by atoms with E-state index in [4.69, 9.17) is 23.8 Å². The van der Waals surface area contributed by atoms with E-state index in [1.807, 2.05) is 49.4 Å². The van der Waals surface area contributed by atoms with Crippen LogP contribution in [0.5, 0.6) is 0 Å². The molecule has 0 saturated carbocycles. The van der Waals surface area contributed by atoms with Gasteiger partial charge in [-0.05, 0) is 42.4 Å². The molecule has 0 radical (unpaired) electrons. The molecule has 0 unspecified atom stereocenters. The van der Waals surface area contributed by atoms with Crippen LogP contribution in [0.15, 0.2) is 48.5 Å². The van der Waals surface area contributed by atoms with E-state index in [1.165, 1.54) is 0 Å². The van der Waals surface area contributed by atoms with Crippen molar-refractivity contribution in [3.05, 3.63) is 64.7 Å². The number of carbonyl (C=O) groups excluding carboxylic acids is 1. The zero-order chi connectivity index (χ0) is 15.2. The Labute approximate surface area is 134 Å². The number of hydrogen-bond acceptors (Lipinski definition) is 2. The molecule has 2 aromatic rings. The molecule has 0 aromatic heterocycles. The Balaban J connectivity index is 1.92. The summed E-state index contributed by atoms with van der Waals surface area (Å²) < 4.78 is 0. The molecule has 0 aliphatic carbocycles. The minimum Gasteiger partial charge on any atom is -0.332 e. The Morgan fingerprint density at radius 1 is 1.14 bits per heavy atom. The first-order chi connectivity index (χ1) is 10.1. The maximum Gasteiger partial charge on any atom is 0.230 e. The summed E-state index contributed by atoms with van der Waals surface area (Å²) in [7, 11) is 0. The summed E-state index contributed by atoms with van der Waals surface area (Å²) in [5.41, 5.74) is 2.61. The number of hydrogen-bond donors (Lipinski definition) is 2. The van der Waals surface area contributed by atoms with Crippen molar-refractivity contribution in [3.63, 3.8) is 0 Å². The zero-order valence-corrected chi connectivity index (χ0v) is 13.1. The fourth-order valence-electron chi connectivity index (χ4n) is 1.85. The zero-order valence-electron chi connectivity index (χ0n) is 11.5. The third-order valence-corrected chi connectivity index (χ3v) is 3.59. The first-order valence-electron chi connectivity index (χ1n) is 6.46. The fraction of sp³-hybridized carbons (Fsp3) is 0.125. The number of anilines is 1. The summed E-state index contributed by atoms with van der Waals surface area (Å²) in [5, 5.41) is 6.56. The first kappa shape index (κ1) is 15.5. The van der Waals surface area contributed by atoms with Crippen molar-refractivity contribution in [2.75, 3.05) is 5.32 Å². The minimum absolute atomic E-state index is 0.154. The largest absolute Gasteiger partial charge is 0.332 e. The highest BCUT2D eigenvalue weighted by molar-refractivity contribution is 7.80. The second-order valence-electron chi connectivity index (χ2n) is 4.58. The Bertz CT molecular complexity index is 659. The van der Waals surface area contributed by atoms with Crippen molar-refractivity contribution < 1.29 is 4.79 Å². The van der Waals surface area contributed by atoms with Gasteiger partial charge < -0.3 is 10.6 Å². The molecule has 0 aliphatic rings. The van der Waals surface area contributed by atoms with E-state index in [0.29, 0.717) is 5.02 Å². The molecule has 0 saturated heterocycles. The molecule has 1 amide bonds. The third kappa shape index (κ3) is 4.55. The van der Waals surface area contributed by atoms with E-state index in [9.17, 15) is 4.79 Å². The highest BCUT2D eigenvalue weighted by atomic mass is 35.5. The average Bonchev–Trinajstić information content (AvgIpc) is 2.44. The van der Waals surface area contributed by atoms with Crippen molar-refractivity contribution in [2.45, 2.75) is 13.3 Å². The number of nitrogens with one attached hydrogen (secondary N) is 2. The molecule has 21 heavy (non-hydrogen) atoms. The Morgan fingerprint density at radius 3 is 2.57 bits per heavy atom. The van der Waals surface area contributed by atoms with Crippen LogP contribution in [-0.4, -0.2) is 11.0 Å². The van der Waals surface area contributed by atoms with Crippen LogP contribution < -0.4 is 10.6 Å². The molecular formula is C16H15ClN2OS. The van der Waals surface area contributed by atoms with Crippen molar-refractivity contribution >= 4 is 40.5 Å². The van der Waals surface area contributed by atoms with E-state index in [0.717, 1.165) is 16.8 Å². The van der Waals surface area contributed by atoms with Gasteiger partial charge in [-0.2, -0.15) is 0 Å². The number of thiocarbonyl (C=S) groups is 1. The lowest BCUT2D eigenvalue weighted by Gasteiger charge is -2.12. The number of benzene rings is 2. The van der Waals surface area contributed by atoms with Crippen LogP contribution in [0.1, 0.15) is 11.1 Å². The standard InChI is InChI=1S/C16H15ClN2OS/c1-11-13(17)8-5-9-14(11)18-16(21)19-15(20)10-12-6-3-2-4-7-12/h2-9H,10H2,1H3,(H2,18,19,20,21). The molecule has 108 valence electrons. The molecule has 0 heterocycles. The molecule has 0 spiro atoms. The van der Waals surface area contributed by atoms with Gasteiger partial charge in [0.05, 0.1) is 6.42 Å². The highest BCUT2D eigenvalue weighted by Crippen LogP contribution is 2.22. The average molecular weight is 319 g/mol. The van der Waals surface area contributed by atoms with Crippen molar-refractivity contribution in [1.29, 1.82) is 0 Å². The monoisotopic (exact) mass is 318 g/mol. The molecule has 2 rings (SSSR count). The summed E-state index contributed by atoms with van der Waals surface area (Å²) in [6.07, 6.45) is 0.289. The molecule has 0 fully saturated rings. The Kier molecular flexibility index (Phi) is 5.31. The highest BCUT2D eigenvalue weighted by Gasteiger charge is 2.08. The number of carbonyl (C=O) groups is 1. The van der Waals surface area contributed by atoms with Crippen LogP contribution in [0, 0.1) is 6.92 Å². The van der Waals surface area contributed by atoms with Gasteiger partial charge in [-0.3, -0.25) is 4.79 Å². The van der Waals surface area contributed by atoms with Gasteiger partial charge in [0.2, 0.25) is 5.91 Å². The minimum atomic E-state index is -0.154. The maximum absolute atomic E-state index is 11.9. The van der Waals surface area contributed by atoms with Gasteiger partial charge in [0.1, 0.15) is 0 Å². The second-order valence-corrected chi connectivity index (χ2v) is 5.39. The van der Waals surface area contributed by atoms with Crippen LogP contribution in [0.2, 0.25) is 5.02 Å². The van der Waals surface area contributed by atoms with Crippen molar-refractivity contribution in [2.24, 2.45) is 0 Å². The molecule has 2 aromatic carbocycles. The van der Waals surface area contributed by atoms with Gasteiger partial charge in [0, 0.05) is 10.7 Å². The molecule has 0 aliphatic heterocycles. The van der Waals surface area contributed by atoms with E-state index >= 15 is 0 Å². The van der Waals surface area contributed by atoms with Gasteiger partial charge in [-0.25, -0.2) is 0 Å². The summed E-state index contributed by atoms with van der Waals surface area (Å²) in [4.78, 5) is 11.9. The van der Waals surface area contributed by atoms with Crippen molar-refractivity contribution in [3.8, 4) is 0 Å². The fourth-order valence-corrected chi connectivity index (χ4v) is 2.25. The van der Waals surface area contributed by atoms with Gasteiger partial charge in [-0.1, -0.05) is 48.0 Å². The number of halogens is 1. The molecular weight excluding hydrogens is 304 g/mol. The van der Waals surface area contributed by atoms with Gasteiger partial charge >= 0.3 is 0 Å². The molecule has 0 atom stereocenters. The van der Waals surface area contributed by atoms with E-state index < -0.39 is 0 Å². The van der Waals surface area contributed by atoms with Gasteiger partial charge in [0.25, 0.3) is 0 Å². The molecule has 3 nitrogen and oxygen atoms in total.